The molecule has 14 heavy (non-hydrogen) atoms. The molecule has 0 N–H and O–H groups in total. The summed E-state index contributed by atoms with van der Waals surface area (Å²) in [6.07, 6.45) is 1.83. The third-order valence-electron chi connectivity index (χ3n) is 1.76. The van der Waals surface area contributed by atoms with Crippen molar-refractivity contribution < 1.29 is 0 Å². The van der Waals surface area contributed by atoms with E-state index >= 15 is 0 Å². The molecule has 0 saturated carbocycles. The fourth-order valence-corrected chi connectivity index (χ4v) is 2.60. The molecule has 0 aromatic carbocycles. The van der Waals surface area contributed by atoms with Gasteiger partial charge in [-0.3, -0.25) is 0 Å². The molecule has 0 bridgehead atoms. The zero-order valence-electron chi connectivity index (χ0n) is 8.26. The van der Waals surface area contributed by atoms with Crippen molar-refractivity contribution in [3.63, 3.8) is 0 Å². The first kappa shape index (κ1) is 12.3. The van der Waals surface area contributed by atoms with Gasteiger partial charge in [-0.25, -0.2) is 4.98 Å². The zero-order valence-corrected chi connectivity index (χ0v) is 11.4. The number of rotatable bonds is 4. The molecule has 0 aliphatic rings. The van der Waals surface area contributed by atoms with Gasteiger partial charge in [0, 0.05) is 22.3 Å². The number of halogens is 2. The van der Waals surface area contributed by atoms with E-state index in [1.54, 1.807) is 11.8 Å². The van der Waals surface area contributed by atoms with E-state index in [0.29, 0.717) is 11.8 Å². The molecule has 0 fully saturated rings. The van der Waals surface area contributed by atoms with Crippen LogP contribution in [-0.2, 0) is 0 Å². The van der Waals surface area contributed by atoms with Gasteiger partial charge >= 0.3 is 0 Å². The highest BCUT2D eigenvalue weighted by Crippen LogP contribution is 2.24. The molecule has 0 radical (unpaired) electrons. The largest absolute Gasteiger partial charge is 0.248 e. The minimum Gasteiger partial charge on any atom is -0.248 e. The van der Waals surface area contributed by atoms with Crippen molar-refractivity contribution in [2.75, 3.05) is 11.6 Å². The molecule has 78 valence electrons. The van der Waals surface area contributed by atoms with Crippen LogP contribution < -0.4 is 0 Å². The maximum Gasteiger partial charge on any atom is 0.0989 e. The third kappa shape index (κ3) is 3.79. The molecule has 1 heterocycles. The van der Waals surface area contributed by atoms with Gasteiger partial charge in [0.25, 0.3) is 0 Å². The third-order valence-corrected chi connectivity index (χ3v) is 4.16. The van der Waals surface area contributed by atoms with E-state index in [4.69, 9.17) is 11.6 Å². The van der Waals surface area contributed by atoms with Crippen molar-refractivity contribution in [1.29, 1.82) is 0 Å². The Morgan fingerprint density at radius 1 is 1.64 bits per heavy atom. The van der Waals surface area contributed by atoms with Gasteiger partial charge in [0.15, 0.2) is 0 Å². The molecule has 0 spiro atoms. The van der Waals surface area contributed by atoms with E-state index in [2.05, 4.69) is 40.8 Å². The lowest BCUT2D eigenvalue weighted by atomic mass is 10.3. The summed E-state index contributed by atoms with van der Waals surface area (Å²) in [7, 11) is 0. The van der Waals surface area contributed by atoms with E-state index in [1.165, 1.54) is 5.56 Å². The summed E-state index contributed by atoms with van der Waals surface area (Å²) in [5.41, 5.74) is 1.21. The first-order chi connectivity index (χ1) is 6.63. The summed E-state index contributed by atoms with van der Waals surface area (Å²) in [4.78, 5) is 4.36. The number of thioether (sulfide) groups is 1. The smallest absolute Gasteiger partial charge is 0.0989 e. The van der Waals surface area contributed by atoms with Crippen LogP contribution in [0.1, 0.15) is 12.5 Å². The van der Waals surface area contributed by atoms with Gasteiger partial charge in [-0.05, 0) is 40.4 Å². The molecule has 1 aromatic rings. The minimum atomic E-state index is 0.534. The molecule has 1 unspecified atom stereocenters. The second-order valence-corrected chi connectivity index (χ2v) is 5.58. The van der Waals surface area contributed by atoms with Crippen LogP contribution in [0.15, 0.2) is 21.8 Å². The Bertz CT molecular complexity index is 306. The molecule has 0 aliphatic heterocycles. The van der Waals surface area contributed by atoms with Crippen molar-refractivity contribution in [3.05, 3.63) is 22.3 Å². The van der Waals surface area contributed by atoms with Crippen LogP contribution in [0.2, 0.25) is 0 Å². The summed E-state index contributed by atoms with van der Waals surface area (Å²) in [6, 6.07) is 2.08. The van der Waals surface area contributed by atoms with Crippen LogP contribution in [0, 0.1) is 12.8 Å². The van der Waals surface area contributed by atoms with E-state index in [-0.39, 0.29) is 0 Å². The molecular formula is C10H13BrClNS. The van der Waals surface area contributed by atoms with Gasteiger partial charge in [-0.2, -0.15) is 0 Å². The lowest BCUT2D eigenvalue weighted by Crippen LogP contribution is -2.00. The number of alkyl halides is 1. The van der Waals surface area contributed by atoms with E-state index < -0.39 is 0 Å². The Labute approximate surface area is 103 Å². The summed E-state index contributed by atoms with van der Waals surface area (Å²) in [5, 5.41) is 1.10. The molecule has 1 nitrogen and oxygen atoms in total. The SMILES string of the molecule is Cc1cc(Br)cnc1SCC(C)CCl. The number of hydrogen-bond acceptors (Lipinski definition) is 2. The number of nitrogens with zero attached hydrogens (tertiary/aromatic N) is 1. The van der Waals surface area contributed by atoms with E-state index in [0.717, 1.165) is 15.3 Å². The average molecular weight is 295 g/mol. The highest BCUT2D eigenvalue weighted by molar-refractivity contribution is 9.10. The van der Waals surface area contributed by atoms with Gasteiger partial charge < -0.3 is 0 Å². The molecule has 4 heteroatoms. The maximum absolute atomic E-state index is 5.74. The lowest BCUT2D eigenvalue weighted by Gasteiger charge is -2.08. The molecular weight excluding hydrogens is 282 g/mol. The maximum atomic E-state index is 5.74. The normalized spacial score (nSPS) is 12.9. The van der Waals surface area contributed by atoms with Gasteiger partial charge in [0.05, 0.1) is 5.03 Å². The van der Waals surface area contributed by atoms with Crippen LogP contribution in [0.5, 0.6) is 0 Å². The quantitative estimate of drug-likeness (QED) is 0.612. The van der Waals surface area contributed by atoms with Gasteiger partial charge in [0.1, 0.15) is 0 Å². The highest BCUT2D eigenvalue weighted by atomic mass is 79.9. The summed E-state index contributed by atoms with van der Waals surface area (Å²) in [6.45, 7) is 4.22. The number of aryl methyl sites for hydroxylation is 1. The molecule has 1 rings (SSSR count). The van der Waals surface area contributed by atoms with Crippen LogP contribution >= 0.6 is 39.3 Å². The van der Waals surface area contributed by atoms with Crippen molar-refractivity contribution in [3.8, 4) is 0 Å². The first-order valence-electron chi connectivity index (χ1n) is 4.44. The fraction of sp³-hybridized carbons (Fsp3) is 0.500. The predicted octanol–water partition coefficient (Wildman–Crippen LogP) is 4.12. The van der Waals surface area contributed by atoms with Gasteiger partial charge in [-0.1, -0.05) is 6.92 Å². The Kier molecular flexibility index (Phi) is 5.28. The molecule has 0 saturated heterocycles. The fourth-order valence-electron chi connectivity index (χ4n) is 0.945. The van der Waals surface area contributed by atoms with Gasteiger partial charge in [-0.15, -0.1) is 23.4 Å². The Balaban J connectivity index is 2.59. The Morgan fingerprint density at radius 3 is 2.93 bits per heavy atom. The Hall–Kier alpha value is 0.270. The predicted molar refractivity (Wildman–Crippen MR) is 67.3 cm³/mol. The highest BCUT2D eigenvalue weighted by Gasteiger charge is 2.05. The summed E-state index contributed by atoms with van der Waals surface area (Å²) in [5.74, 6) is 2.27. The van der Waals surface area contributed by atoms with Crippen LogP contribution in [-0.4, -0.2) is 16.6 Å². The van der Waals surface area contributed by atoms with Crippen LogP contribution in [0.4, 0.5) is 0 Å². The topological polar surface area (TPSA) is 12.9 Å². The number of hydrogen-bond donors (Lipinski definition) is 0. The van der Waals surface area contributed by atoms with E-state index in [1.807, 2.05) is 6.20 Å². The molecule has 1 atom stereocenters. The second kappa shape index (κ2) is 5.99. The summed E-state index contributed by atoms with van der Waals surface area (Å²) < 4.78 is 1.03. The number of aromatic nitrogens is 1. The molecule has 0 aliphatic carbocycles. The minimum absolute atomic E-state index is 0.534. The second-order valence-electron chi connectivity index (χ2n) is 3.35. The number of pyridine rings is 1. The average Bonchev–Trinajstić information content (AvgIpc) is 2.16. The van der Waals surface area contributed by atoms with Crippen molar-refractivity contribution >= 4 is 39.3 Å². The van der Waals surface area contributed by atoms with Crippen LogP contribution in [0.25, 0.3) is 0 Å². The monoisotopic (exact) mass is 293 g/mol. The summed E-state index contributed by atoms with van der Waals surface area (Å²) >= 11 is 10.9. The first-order valence-corrected chi connectivity index (χ1v) is 6.75. The Morgan fingerprint density at radius 2 is 2.36 bits per heavy atom. The van der Waals surface area contributed by atoms with Crippen LogP contribution in [0.3, 0.4) is 0 Å². The van der Waals surface area contributed by atoms with Crippen molar-refractivity contribution in [2.24, 2.45) is 5.92 Å². The van der Waals surface area contributed by atoms with E-state index in [9.17, 15) is 0 Å². The molecule has 1 aromatic heterocycles. The van der Waals surface area contributed by atoms with Crippen molar-refractivity contribution in [1.82, 2.24) is 4.98 Å². The zero-order chi connectivity index (χ0) is 10.6. The lowest BCUT2D eigenvalue weighted by molar-refractivity contribution is 0.758. The van der Waals surface area contributed by atoms with Crippen molar-refractivity contribution in [2.45, 2.75) is 18.9 Å². The standard InChI is InChI=1S/C10H13BrClNS/c1-7(4-12)6-14-10-8(2)3-9(11)5-13-10/h3,5,7H,4,6H2,1-2H3. The molecule has 0 amide bonds. The van der Waals surface area contributed by atoms with Gasteiger partial charge in [0.2, 0.25) is 0 Å².